The van der Waals surface area contributed by atoms with Gasteiger partial charge in [0.2, 0.25) is 0 Å². The molecular formula is C17H14FNO3. The molecule has 0 aliphatic heterocycles. The van der Waals surface area contributed by atoms with Crippen LogP contribution in [0.25, 0.3) is 22.2 Å². The van der Waals surface area contributed by atoms with E-state index < -0.39 is 17.7 Å². The van der Waals surface area contributed by atoms with Crippen LogP contribution in [0, 0.1) is 5.82 Å². The number of rotatable bonds is 2. The highest BCUT2D eigenvalue weighted by atomic mass is 19.1. The van der Waals surface area contributed by atoms with Gasteiger partial charge in [0.1, 0.15) is 5.75 Å². The van der Waals surface area contributed by atoms with Gasteiger partial charge in [0, 0.05) is 10.9 Å². The van der Waals surface area contributed by atoms with Crippen LogP contribution in [0.5, 0.6) is 11.5 Å². The van der Waals surface area contributed by atoms with E-state index in [1.165, 1.54) is 24.3 Å². The first kappa shape index (κ1) is 14.3. The molecule has 0 spiro atoms. The molecule has 1 aromatic heterocycles. The quantitative estimate of drug-likeness (QED) is 0.677. The zero-order valence-electron chi connectivity index (χ0n) is 11.8. The number of aliphatic hydroxyl groups is 1. The summed E-state index contributed by atoms with van der Waals surface area (Å²) >= 11 is 0. The molecule has 0 saturated carbocycles. The van der Waals surface area contributed by atoms with Crippen molar-refractivity contribution < 1.29 is 19.7 Å². The molecule has 3 aromatic rings. The van der Waals surface area contributed by atoms with Crippen LogP contribution >= 0.6 is 0 Å². The van der Waals surface area contributed by atoms with Crippen LogP contribution in [-0.4, -0.2) is 20.3 Å². The lowest BCUT2D eigenvalue weighted by Crippen LogP contribution is -1.97. The Morgan fingerprint density at radius 1 is 1.05 bits per heavy atom. The third kappa shape index (κ3) is 2.46. The second-order valence-electron chi connectivity index (χ2n) is 5.14. The number of nitrogens with zero attached hydrogens (tertiary/aromatic N) is 1. The van der Waals surface area contributed by atoms with E-state index >= 15 is 0 Å². The van der Waals surface area contributed by atoms with E-state index in [1.54, 1.807) is 25.1 Å². The van der Waals surface area contributed by atoms with Crippen molar-refractivity contribution in [3.05, 3.63) is 53.8 Å². The van der Waals surface area contributed by atoms with Gasteiger partial charge in [-0.1, -0.05) is 0 Å². The maximum absolute atomic E-state index is 13.5. The predicted octanol–water partition coefficient (Wildman–Crippen LogP) is 3.51. The van der Waals surface area contributed by atoms with Gasteiger partial charge in [0.25, 0.3) is 0 Å². The Hall–Kier alpha value is -2.66. The third-order valence-corrected chi connectivity index (χ3v) is 3.52. The number of hydrogen-bond donors (Lipinski definition) is 3. The van der Waals surface area contributed by atoms with Crippen molar-refractivity contribution >= 4 is 10.9 Å². The fraction of sp³-hybridized carbons (Fsp3) is 0.118. The number of benzene rings is 2. The second-order valence-corrected chi connectivity index (χ2v) is 5.14. The molecule has 0 amide bonds. The van der Waals surface area contributed by atoms with Gasteiger partial charge in [-0.05, 0) is 55.0 Å². The zero-order valence-corrected chi connectivity index (χ0v) is 11.8. The summed E-state index contributed by atoms with van der Waals surface area (Å²) in [6, 6.07) is 10.3. The Kier molecular flexibility index (Phi) is 3.42. The second kappa shape index (κ2) is 5.27. The maximum Gasteiger partial charge on any atom is 0.165 e. The summed E-state index contributed by atoms with van der Waals surface area (Å²) in [6.07, 6.45) is -0.770. The number of aromatic hydroxyl groups is 2. The van der Waals surface area contributed by atoms with Gasteiger partial charge in [-0.2, -0.15) is 0 Å². The Labute approximate surface area is 126 Å². The Bertz CT molecular complexity index is 862. The first-order valence-electron chi connectivity index (χ1n) is 6.76. The molecule has 0 radical (unpaired) electrons. The minimum atomic E-state index is -0.770. The van der Waals surface area contributed by atoms with Gasteiger partial charge in [-0.3, -0.25) is 0 Å². The number of phenolic OH excluding ortho intramolecular Hbond substituents is 2. The molecule has 4 nitrogen and oxygen atoms in total. The molecule has 0 bridgehead atoms. The third-order valence-electron chi connectivity index (χ3n) is 3.52. The summed E-state index contributed by atoms with van der Waals surface area (Å²) < 4.78 is 13.5. The van der Waals surface area contributed by atoms with Crippen LogP contribution in [-0.2, 0) is 0 Å². The molecule has 22 heavy (non-hydrogen) atoms. The number of hydrogen-bond acceptors (Lipinski definition) is 4. The average Bonchev–Trinajstić information content (AvgIpc) is 2.48. The minimum Gasteiger partial charge on any atom is -0.508 e. The molecule has 3 N–H and O–H groups in total. The smallest absolute Gasteiger partial charge is 0.165 e. The predicted molar refractivity (Wildman–Crippen MR) is 81.1 cm³/mol. The molecular weight excluding hydrogens is 285 g/mol. The number of aromatic nitrogens is 1. The zero-order chi connectivity index (χ0) is 15.9. The first-order valence-corrected chi connectivity index (χ1v) is 6.76. The van der Waals surface area contributed by atoms with Gasteiger partial charge in [-0.25, -0.2) is 9.37 Å². The van der Waals surface area contributed by atoms with Gasteiger partial charge < -0.3 is 15.3 Å². The molecule has 5 heteroatoms. The van der Waals surface area contributed by atoms with Crippen molar-refractivity contribution in [3.63, 3.8) is 0 Å². The van der Waals surface area contributed by atoms with Gasteiger partial charge in [0.15, 0.2) is 11.6 Å². The van der Waals surface area contributed by atoms with Crippen molar-refractivity contribution in [1.82, 2.24) is 4.98 Å². The van der Waals surface area contributed by atoms with Crippen LogP contribution in [0.2, 0.25) is 0 Å². The van der Waals surface area contributed by atoms with E-state index in [4.69, 9.17) is 0 Å². The Morgan fingerprint density at radius 2 is 1.82 bits per heavy atom. The highest BCUT2D eigenvalue weighted by Crippen LogP contribution is 2.31. The molecule has 3 rings (SSSR count). The molecule has 0 aliphatic carbocycles. The first-order chi connectivity index (χ1) is 10.5. The van der Waals surface area contributed by atoms with Crippen LogP contribution in [0.4, 0.5) is 4.39 Å². The number of fused-ring (bicyclic) bond motifs is 1. The SMILES string of the molecule is CC(O)c1cc(-c2ccc(O)c(F)c2)nc2ccc(O)cc12. The summed E-state index contributed by atoms with van der Waals surface area (Å²) in [7, 11) is 0. The van der Waals surface area contributed by atoms with E-state index in [-0.39, 0.29) is 5.75 Å². The summed E-state index contributed by atoms with van der Waals surface area (Å²) in [5.41, 5.74) is 2.14. The molecule has 0 aliphatic rings. The Balaban J connectivity index is 2.26. The largest absolute Gasteiger partial charge is 0.508 e. The van der Waals surface area contributed by atoms with Crippen molar-refractivity contribution in [1.29, 1.82) is 0 Å². The summed E-state index contributed by atoms with van der Waals surface area (Å²) in [6.45, 7) is 1.61. The van der Waals surface area contributed by atoms with Crippen LogP contribution < -0.4 is 0 Å². The van der Waals surface area contributed by atoms with E-state index in [0.717, 1.165) is 0 Å². The number of phenols is 2. The van der Waals surface area contributed by atoms with E-state index in [9.17, 15) is 19.7 Å². The Morgan fingerprint density at radius 3 is 2.50 bits per heavy atom. The number of pyridine rings is 1. The topological polar surface area (TPSA) is 73.6 Å². The van der Waals surface area contributed by atoms with Crippen LogP contribution in [0.1, 0.15) is 18.6 Å². The lowest BCUT2D eigenvalue weighted by atomic mass is 10.0. The summed E-state index contributed by atoms with van der Waals surface area (Å²) in [5.74, 6) is -1.08. The number of aliphatic hydroxyl groups excluding tert-OH is 1. The highest BCUT2D eigenvalue weighted by Gasteiger charge is 2.13. The van der Waals surface area contributed by atoms with E-state index in [2.05, 4.69) is 4.98 Å². The molecule has 0 fully saturated rings. The molecule has 1 heterocycles. The lowest BCUT2D eigenvalue weighted by Gasteiger charge is -2.12. The fourth-order valence-corrected chi connectivity index (χ4v) is 2.40. The van der Waals surface area contributed by atoms with Gasteiger partial charge >= 0.3 is 0 Å². The van der Waals surface area contributed by atoms with Crippen molar-refractivity contribution in [2.24, 2.45) is 0 Å². The standard InChI is InChI=1S/C17H14FNO3/c1-9(20)12-8-16(10-2-5-17(22)14(18)6-10)19-15-4-3-11(21)7-13(12)15/h2-9,20-22H,1H3. The van der Waals surface area contributed by atoms with Crippen LogP contribution in [0.15, 0.2) is 42.5 Å². The van der Waals surface area contributed by atoms with Crippen molar-refractivity contribution in [3.8, 4) is 22.8 Å². The minimum absolute atomic E-state index is 0.0830. The van der Waals surface area contributed by atoms with Crippen LogP contribution in [0.3, 0.4) is 0 Å². The highest BCUT2D eigenvalue weighted by molar-refractivity contribution is 5.86. The normalized spacial score (nSPS) is 12.5. The lowest BCUT2D eigenvalue weighted by molar-refractivity contribution is 0.201. The van der Waals surface area contributed by atoms with Gasteiger partial charge in [-0.15, -0.1) is 0 Å². The average molecular weight is 299 g/mol. The number of halogens is 1. The molecule has 2 aromatic carbocycles. The fourth-order valence-electron chi connectivity index (χ4n) is 2.40. The molecule has 0 saturated heterocycles. The summed E-state index contributed by atoms with van der Waals surface area (Å²) in [4.78, 5) is 4.43. The van der Waals surface area contributed by atoms with Crippen molar-refractivity contribution in [2.75, 3.05) is 0 Å². The van der Waals surface area contributed by atoms with Gasteiger partial charge in [0.05, 0.1) is 17.3 Å². The monoisotopic (exact) mass is 299 g/mol. The van der Waals surface area contributed by atoms with E-state index in [0.29, 0.717) is 27.7 Å². The van der Waals surface area contributed by atoms with E-state index in [1.807, 2.05) is 0 Å². The van der Waals surface area contributed by atoms with Crippen molar-refractivity contribution in [2.45, 2.75) is 13.0 Å². The molecule has 1 unspecified atom stereocenters. The molecule has 112 valence electrons. The maximum atomic E-state index is 13.5. The summed E-state index contributed by atoms with van der Waals surface area (Å²) in [5, 5.41) is 29.5. The molecule has 1 atom stereocenters.